The molecule has 4 heteroatoms. The van der Waals surface area contributed by atoms with E-state index in [1.54, 1.807) is 0 Å². The van der Waals surface area contributed by atoms with Crippen LogP contribution in [0.2, 0.25) is 0 Å². The van der Waals surface area contributed by atoms with Crippen molar-refractivity contribution >= 4 is 21.6 Å². The van der Waals surface area contributed by atoms with Gasteiger partial charge in [-0.15, -0.1) is 0 Å². The van der Waals surface area contributed by atoms with Gasteiger partial charge in [-0.2, -0.15) is 0 Å². The molecule has 1 fully saturated rings. The molecular formula is C13H18BrNO2. The molecule has 0 bridgehead atoms. The largest absolute Gasteiger partial charge is 0.490 e. The molecule has 0 saturated carbocycles. The fourth-order valence-corrected chi connectivity index (χ4v) is 2.37. The van der Waals surface area contributed by atoms with Crippen LogP contribution in [-0.4, -0.2) is 18.3 Å². The van der Waals surface area contributed by atoms with E-state index in [0.29, 0.717) is 12.3 Å². The second-order valence-electron chi connectivity index (χ2n) is 5.04. The Labute approximate surface area is 110 Å². The second-order valence-corrected chi connectivity index (χ2v) is 5.89. The number of hydrogen-bond acceptors (Lipinski definition) is 3. The van der Waals surface area contributed by atoms with Gasteiger partial charge in [0.25, 0.3) is 0 Å². The number of hydrogen-bond donors (Lipinski definition) is 1. The summed E-state index contributed by atoms with van der Waals surface area (Å²) in [6.45, 7) is 4.80. The molecule has 0 aliphatic carbocycles. The smallest absolute Gasteiger partial charge is 0.135 e. The van der Waals surface area contributed by atoms with E-state index in [-0.39, 0.29) is 11.7 Å². The van der Waals surface area contributed by atoms with Gasteiger partial charge in [0.05, 0.1) is 16.2 Å². The van der Waals surface area contributed by atoms with Crippen LogP contribution < -0.4 is 10.5 Å². The molecular weight excluding hydrogens is 282 g/mol. The van der Waals surface area contributed by atoms with Crippen LogP contribution >= 0.6 is 15.9 Å². The van der Waals surface area contributed by atoms with Gasteiger partial charge in [-0.05, 0) is 54.8 Å². The van der Waals surface area contributed by atoms with Gasteiger partial charge in [0.1, 0.15) is 12.4 Å². The minimum absolute atomic E-state index is 0.0129. The highest BCUT2D eigenvalue weighted by atomic mass is 79.9. The highest BCUT2D eigenvalue weighted by Crippen LogP contribution is 2.31. The van der Waals surface area contributed by atoms with Gasteiger partial charge in [-0.3, -0.25) is 0 Å². The highest BCUT2D eigenvalue weighted by Gasteiger charge is 2.31. The van der Waals surface area contributed by atoms with E-state index in [9.17, 15) is 0 Å². The monoisotopic (exact) mass is 299 g/mol. The van der Waals surface area contributed by atoms with Crippen LogP contribution in [0, 0.1) is 0 Å². The summed E-state index contributed by atoms with van der Waals surface area (Å²) in [4.78, 5) is 0. The van der Waals surface area contributed by atoms with Crippen molar-refractivity contribution in [2.75, 3.05) is 12.3 Å². The summed E-state index contributed by atoms with van der Waals surface area (Å²) in [5, 5.41) is 0. The fraction of sp³-hybridized carbons (Fsp3) is 0.538. The molecule has 94 valence electrons. The Morgan fingerprint density at radius 1 is 1.53 bits per heavy atom. The van der Waals surface area contributed by atoms with E-state index in [4.69, 9.17) is 15.2 Å². The molecule has 1 unspecified atom stereocenters. The molecule has 0 aromatic heterocycles. The zero-order chi connectivity index (χ0) is 12.5. The molecule has 1 aliphatic heterocycles. The SMILES string of the molecule is CC1(C)CCC(COc2cc(N)ccc2Br)O1. The lowest BCUT2D eigenvalue weighted by Crippen LogP contribution is -2.23. The summed E-state index contributed by atoms with van der Waals surface area (Å²) in [5.41, 5.74) is 6.41. The quantitative estimate of drug-likeness (QED) is 0.870. The lowest BCUT2D eigenvalue weighted by atomic mass is 10.1. The molecule has 2 N–H and O–H groups in total. The van der Waals surface area contributed by atoms with Crippen molar-refractivity contribution in [3.05, 3.63) is 22.7 Å². The van der Waals surface area contributed by atoms with Gasteiger partial charge < -0.3 is 15.2 Å². The number of rotatable bonds is 3. The second kappa shape index (κ2) is 4.86. The minimum atomic E-state index is -0.0129. The lowest BCUT2D eigenvalue weighted by Gasteiger charge is -2.19. The zero-order valence-corrected chi connectivity index (χ0v) is 11.8. The standard InChI is InChI=1S/C13H18BrNO2/c1-13(2)6-5-10(17-13)8-16-12-7-9(15)3-4-11(12)14/h3-4,7,10H,5-6,8,15H2,1-2H3. The number of ether oxygens (including phenoxy) is 2. The van der Waals surface area contributed by atoms with E-state index in [1.165, 1.54) is 0 Å². The normalized spacial score (nSPS) is 22.6. The van der Waals surface area contributed by atoms with E-state index < -0.39 is 0 Å². The molecule has 1 aliphatic rings. The van der Waals surface area contributed by atoms with Crippen molar-refractivity contribution in [2.45, 2.75) is 38.4 Å². The molecule has 0 spiro atoms. The molecule has 1 saturated heterocycles. The first-order chi connectivity index (χ1) is 7.96. The van der Waals surface area contributed by atoms with Gasteiger partial charge in [0.15, 0.2) is 0 Å². The highest BCUT2D eigenvalue weighted by molar-refractivity contribution is 9.10. The topological polar surface area (TPSA) is 44.5 Å². The summed E-state index contributed by atoms with van der Waals surface area (Å²) in [6.07, 6.45) is 2.31. The third-order valence-corrected chi connectivity index (χ3v) is 3.59. The summed E-state index contributed by atoms with van der Waals surface area (Å²) in [5.74, 6) is 0.776. The molecule has 0 radical (unpaired) electrons. The maximum atomic E-state index is 5.87. The average Bonchev–Trinajstić information content (AvgIpc) is 2.60. The minimum Gasteiger partial charge on any atom is -0.490 e. The predicted molar refractivity (Wildman–Crippen MR) is 72.2 cm³/mol. The van der Waals surface area contributed by atoms with Crippen molar-refractivity contribution in [3.63, 3.8) is 0 Å². The first-order valence-electron chi connectivity index (χ1n) is 5.82. The fourth-order valence-electron chi connectivity index (χ4n) is 2.01. The van der Waals surface area contributed by atoms with Gasteiger partial charge in [0, 0.05) is 11.8 Å². The molecule has 1 atom stereocenters. The van der Waals surface area contributed by atoms with E-state index in [0.717, 1.165) is 23.1 Å². The molecule has 2 rings (SSSR count). The summed E-state index contributed by atoms with van der Waals surface area (Å²) >= 11 is 3.44. The van der Waals surface area contributed by atoms with Crippen LogP contribution in [0.25, 0.3) is 0 Å². The van der Waals surface area contributed by atoms with Crippen molar-refractivity contribution in [3.8, 4) is 5.75 Å². The Hall–Kier alpha value is -0.740. The Bertz CT molecular complexity index is 406. The van der Waals surface area contributed by atoms with Crippen molar-refractivity contribution < 1.29 is 9.47 Å². The summed E-state index contributed by atoms with van der Waals surface area (Å²) in [7, 11) is 0. The van der Waals surface area contributed by atoms with Gasteiger partial charge in [-0.1, -0.05) is 0 Å². The first-order valence-corrected chi connectivity index (χ1v) is 6.61. The third-order valence-electron chi connectivity index (χ3n) is 2.93. The Kier molecular flexibility index (Phi) is 3.64. The number of halogens is 1. The van der Waals surface area contributed by atoms with Gasteiger partial charge in [0.2, 0.25) is 0 Å². The van der Waals surface area contributed by atoms with Gasteiger partial charge >= 0.3 is 0 Å². The summed E-state index contributed by atoms with van der Waals surface area (Å²) in [6, 6.07) is 5.56. The average molecular weight is 300 g/mol. The van der Waals surface area contributed by atoms with E-state index in [1.807, 2.05) is 18.2 Å². The van der Waals surface area contributed by atoms with Crippen LogP contribution in [0.4, 0.5) is 5.69 Å². The number of benzene rings is 1. The lowest BCUT2D eigenvalue weighted by molar-refractivity contribution is -0.0327. The Morgan fingerprint density at radius 3 is 2.94 bits per heavy atom. The van der Waals surface area contributed by atoms with Crippen LogP contribution in [0.15, 0.2) is 22.7 Å². The van der Waals surface area contributed by atoms with Crippen molar-refractivity contribution in [2.24, 2.45) is 0 Å². The number of nitrogen functional groups attached to an aromatic ring is 1. The van der Waals surface area contributed by atoms with Gasteiger partial charge in [-0.25, -0.2) is 0 Å². The molecule has 1 aromatic rings. The van der Waals surface area contributed by atoms with Crippen LogP contribution in [0.3, 0.4) is 0 Å². The zero-order valence-electron chi connectivity index (χ0n) is 10.2. The maximum absolute atomic E-state index is 5.87. The van der Waals surface area contributed by atoms with Crippen molar-refractivity contribution in [1.29, 1.82) is 0 Å². The molecule has 0 amide bonds. The number of anilines is 1. The van der Waals surface area contributed by atoms with Crippen LogP contribution in [-0.2, 0) is 4.74 Å². The van der Waals surface area contributed by atoms with E-state index >= 15 is 0 Å². The van der Waals surface area contributed by atoms with Crippen molar-refractivity contribution in [1.82, 2.24) is 0 Å². The molecule has 17 heavy (non-hydrogen) atoms. The molecule has 1 heterocycles. The summed E-state index contributed by atoms with van der Waals surface area (Å²) < 4.78 is 12.5. The molecule has 3 nitrogen and oxygen atoms in total. The predicted octanol–water partition coefficient (Wildman–Crippen LogP) is 3.37. The van der Waals surface area contributed by atoms with Crippen LogP contribution in [0.1, 0.15) is 26.7 Å². The Morgan fingerprint density at radius 2 is 2.29 bits per heavy atom. The maximum Gasteiger partial charge on any atom is 0.135 e. The third kappa shape index (κ3) is 3.36. The Balaban J connectivity index is 1.92. The van der Waals surface area contributed by atoms with E-state index in [2.05, 4.69) is 29.8 Å². The number of nitrogens with two attached hydrogens (primary N) is 1. The molecule has 1 aromatic carbocycles. The van der Waals surface area contributed by atoms with Crippen LogP contribution in [0.5, 0.6) is 5.75 Å². The first kappa shape index (κ1) is 12.7.